The molecule has 1 fully saturated rings. The Bertz CT molecular complexity index is 1180. The van der Waals surface area contributed by atoms with Gasteiger partial charge >= 0.3 is 5.97 Å². The Balaban J connectivity index is 1.68. The minimum atomic E-state index is -2.19. The number of rotatable bonds is 5. The Morgan fingerprint density at radius 2 is 1.53 bits per heavy atom. The average Bonchev–Trinajstić information content (AvgIpc) is 3.44. The number of esters is 1. The zero-order valence-electron chi connectivity index (χ0n) is 22.0. The monoisotopic (exact) mass is 513 g/mol. The van der Waals surface area contributed by atoms with E-state index in [-0.39, 0.29) is 42.3 Å². The molecule has 0 unspecified atom stereocenters. The molecule has 2 heterocycles. The van der Waals surface area contributed by atoms with Crippen LogP contribution in [0.25, 0.3) is 0 Å². The summed E-state index contributed by atoms with van der Waals surface area (Å²) in [5.74, 6) is 1.86. The van der Waals surface area contributed by atoms with Crippen molar-refractivity contribution < 1.29 is 32.9 Å². The summed E-state index contributed by atoms with van der Waals surface area (Å²) in [6, 6.07) is 7.43. The van der Waals surface area contributed by atoms with Crippen molar-refractivity contribution in [3.8, 4) is 28.7 Å². The lowest BCUT2D eigenvalue weighted by atomic mass is 9.65. The van der Waals surface area contributed by atoms with Crippen LogP contribution in [-0.4, -0.2) is 41.9 Å². The van der Waals surface area contributed by atoms with Gasteiger partial charge in [0.05, 0.1) is 26.7 Å². The predicted octanol–water partition coefficient (Wildman–Crippen LogP) is 4.75. The summed E-state index contributed by atoms with van der Waals surface area (Å²) in [4.78, 5) is 13.0. The van der Waals surface area contributed by atoms with Gasteiger partial charge in [0.15, 0.2) is 28.7 Å². The first-order chi connectivity index (χ1) is 17.0. The van der Waals surface area contributed by atoms with Crippen LogP contribution in [0.4, 0.5) is 0 Å². The highest BCUT2D eigenvalue weighted by Crippen LogP contribution is 2.55. The van der Waals surface area contributed by atoms with Crippen molar-refractivity contribution in [2.45, 2.75) is 50.9 Å². The van der Waals surface area contributed by atoms with E-state index in [1.54, 1.807) is 14.2 Å². The third-order valence-corrected chi connectivity index (χ3v) is 12.6. The molecule has 0 radical (unpaired) electrons. The zero-order chi connectivity index (χ0) is 26.0. The highest BCUT2D eigenvalue weighted by Gasteiger charge is 2.52. The molecule has 0 amide bonds. The quantitative estimate of drug-likeness (QED) is 0.452. The molecule has 0 saturated carbocycles. The lowest BCUT2D eigenvalue weighted by Gasteiger charge is -2.39. The van der Waals surface area contributed by atoms with Crippen LogP contribution in [0, 0.1) is 11.8 Å². The second kappa shape index (κ2) is 8.59. The van der Waals surface area contributed by atoms with Crippen molar-refractivity contribution in [1.82, 2.24) is 0 Å². The lowest BCUT2D eigenvalue weighted by Crippen LogP contribution is -2.44. The van der Waals surface area contributed by atoms with Gasteiger partial charge in [-0.2, -0.15) is 0 Å². The van der Waals surface area contributed by atoms with Crippen LogP contribution in [0.2, 0.25) is 18.1 Å². The summed E-state index contributed by atoms with van der Waals surface area (Å²) in [7, 11) is 1.05. The summed E-state index contributed by atoms with van der Waals surface area (Å²) in [6.45, 7) is 11.4. The average molecular weight is 514 g/mol. The Hall–Kier alpha value is -2.91. The number of hydrogen-bond acceptors (Lipinski definition) is 8. The summed E-state index contributed by atoms with van der Waals surface area (Å²) in [6.07, 6.45) is 0. The van der Waals surface area contributed by atoms with Crippen LogP contribution < -0.4 is 29.1 Å². The van der Waals surface area contributed by atoms with Crippen LogP contribution in [0.15, 0.2) is 24.3 Å². The molecule has 0 aromatic heterocycles. The lowest BCUT2D eigenvalue weighted by molar-refractivity contribution is -0.141. The van der Waals surface area contributed by atoms with E-state index < -0.39 is 14.2 Å². The van der Waals surface area contributed by atoms with Gasteiger partial charge in [-0.3, -0.25) is 4.79 Å². The molecule has 4 atom stereocenters. The van der Waals surface area contributed by atoms with Crippen molar-refractivity contribution in [2.75, 3.05) is 27.6 Å². The maximum absolute atomic E-state index is 13.0. The van der Waals surface area contributed by atoms with Gasteiger partial charge in [-0.05, 0) is 59.1 Å². The van der Waals surface area contributed by atoms with E-state index in [1.165, 1.54) is 0 Å². The van der Waals surface area contributed by atoms with E-state index in [4.69, 9.17) is 33.8 Å². The molecule has 2 N–H and O–H groups in total. The molecule has 2 aromatic carbocycles. The van der Waals surface area contributed by atoms with Gasteiger partial charge in [0, 0.05) is 17.9 Å². The van der Waals surface area contributed by atoms with Gasteiger partial charge < -0.3 is 33.8 Å². The molecule has 3 aliphatic rings. The zero-order valence-corrected chi connectivity index (χ0v) is 23.0. The Kier molecular flexibility index (Phi) is 5.91. The van der Waals surface area contributed by atoms with Crippen molar-refractivity contribution in [2.24, 2.45) is 17.6 Å². The van der Waals surface area contributed by atoms with Crippen LogP contribution in [0.5, 0.6) is 28.7 Å². The van der Waals surface area contributed by atoms with Gasteiger partial charge in [-0.1, -0.05) is 20.8 Å². The van der Waals surface area contributed by atoms with E-state index in [2.05, 4.69) is 33.9 Å². The number of fused-ring (bicyclic) bond motifs is 3. The number of carbonyl (C=O) groups is 1. The maximum atomic E-state index is 13.0. The van der Waals surface area contributed by atoms with E-state index in [1.807, 2.05) is 24.3 Å². The molecule has 5 rings (SSSR count). The molecule has 8 nitrogen and oxygen atoms in total. The molecule has 2 aromatic rings. The van der Waals surface area contributed by atoms with Gasteiger partial charge in [-0.25, -0.2) is 0 Å². The largest absolute Gasteiger partial charge is 0.539 e. The Morgan fingerprint density at radius 3 is 2.08 bits per heavy atom. The summed E-state index contributed by atoms with van der Waals surface area (Å²) < 4.78 is 35.1. The summed E-state index contributed by atoms with van der Waals surface area (Å²) in [5.41, 5.74) is 9.41. The third-order valence-electron chi connectivity index (χ3n) is 8.25. The molecule has 0 bridgehead atoms. The molecular formula is C27H35NO7Si. The first-order valence-corrected chi connectivity index (χ1v) is 15.2. The van der Waals surface area contributed by atoms with Crippen LogP contribution in [0.3, 0.4) is 0 Å². The number of nitrogens with two attached hydrogens (primary N) is 1. The minimum Gasteiger partial charge on any atom is -0.539 e. The smallest absolute Gasteiger partial charge is 0.310 e. The molecule has 1 saturated heterocycles. The van der Waals surface area contributed by atoms with E-state index in [0.29, 0.717) is 28.7 Å². The topological polar surface area (TPSA) is 98.5 Å². The number of hydrogen-bond donors (Lipinski definition) is 1. The molecule has 36 heavy (non-hydrogen) atoms. The summed E-state index contributed by atoms with van der Waals surface area (Å²) in [5, 5.41) is -0.0105. The molecule has 9 heteroatoms. The van der Waals surface area contributed by atoms with E-state index in [9.17, 15) is 4.79 Å². The minimum absolute atomic E-state index is 0.0105. The van der Waals surface area contributed by atoms with Gasteiger partial charge in [0.25, 0.3) is 8.32 Å². The molecule has 194 valence electrons. The van der Waals surface area contributed by atoms with Gasteiger partial charge in [0.1, 0.15) is 0 Å². The number of cyclic esters (lactones) is 1. The van der Waals surface area contributed by atoms with Crippen molar-refractivity contribution in [3.63, 3.8) is 0 Å². The van der Waals surface area contributed by atoms with Crippen molar-refractivity contribution in [1.29, 1.82) is 0 Å². The first-order valence-electron chi connectivity index (χ1n) is 12.3. The van der Waals surface area contributed by atoms with Crippen molar-refractivity contribution in [3.05, 3.63) is 41.0 Å². The maximum Gasteiger partial charge on any atom is 0.310 e. The van der Waals surface area contributed by atoms with Gasteiger partial charge in [0.2, 0.25) is 6.79 Å². The van der Waals surface area contributed by atoms with E-state index >= 15 is 0 Å². The standard InChI is InChI=1S/C27H35NO7Si/c1-27(2,3)36(6,7)35-25-20(30-4)8-14(9-21(25)31-5)22-15-10-18-19(34-13-33-18)11-16(15)24(28)17-12-32-26(29)23(17)22/h8-11,17,22-24H,12-13,28H2,1-7H3/t17-,22+,23-,24+/m0/s1. The fourth-order valence-electron chi connectivity index (χ4n) is 5.19. The van der Waals surface area contributed by atoms with Crippen molar-refractivity contribution >= 4 is 14.3 Å². The number of methoxy groups -OCH3 is 2. The SMILES string of the molecule is COc1cc([C@@H]2c3cc4c(cc3[C@@H](N)[C@H]3COC(=O)[C@H]23)OCO4)cc(OC)c1O[Si](C)(C)C(C)(C)C. The second-order valence-electron chi connectivity index (χ2n) is 11.3. The second-order valence-corrected chi connectivity index (χ2v) is 16.0. The number of ether oxygens (including phenoxy) is 5. The molecule has 1 aliphatic carbocycles. The molecule has 2 aliphatic heterocycles. The molecule has 0 spiro atoms. The third kappa shape index (κ3) is 3.80. The Labute approximate surface area is 213 Å². The van der Waals surface area contributed by atoms with Crippen LogP contribution in [0.1, 0.15) is 49.4 Å². The van der Waals surface area contributed by atoms with Crippen LogP contribution in [-0.2, 0) is 9.53 Å². The highest BCUT2D eigenvalue weighted by molar-refractivity contribution is 6.74. The normalized spacial score (nSPS) is 24.6. The predicted molar refractivity (Wildman–Crippen MR) is 137 cm³/mol. The number of benzene rings is 2. The van der Waals surface area contributed by atoms with Gasteiger partial charge in [-0.15, -0.1) is 0 Å². The molecular weight excluding hydrogens is 478 g/mol. The first kappa shape index (κ1) is 24.8. The van der Waals surface area contributed by atoms with Crippen LogP contribution >= 0.6 is 0 Å². The summed E-state index contributed by atoms with van der Waals surface area (Å²) >= 11 is 0. The fourth-order valence-corrected chi connectivity index (χ4v) is 6.21. The Morgan fingerprint density at radius 1 is 0.944 bits per heavy atom. The fraction of sp³-hybridized carbons (Fsp3) is 0.519. The highest BCUT2D eigenvalue weighted by atomic mass is 28.4. The van der Waals surface area contributed by atoms with E-state index in [0.717, 1.165) is 16.7 Å². The number of carbonyl (C=O) groups excluding carboxylic acids is 1.